The number of rotatable bonds is 7. The van der Waals surface area contributed by atoms with E-state index in [9.17, 15) is 27.6 Å². The van der Waals surface area contributed by atoms with Crippen molar-refractivity contribution in [3.05, 3.63) is 64.4 Å². The van der Waals surface area contributed by atoms with Crippen LogP contribution in [0.3, 0.4) is 0 Å². The molecule has 0 unspecified atom stereocenters. The number of ketones is 1. The fourth-order valence-corrected chi connectivity index (χ4v) is 2.22. The van der Waals surface area contributed by atoms with Gasteiger partial charge in [-0.1, -0.05) is 11.6 Å². The number of carbonyl (C=O) groups is 3. The standard InChI is InChI=1S/C18H14ClF3N2O3/c19-11-3-1-10(2-4-11)14(25)7-8-15(26)23-9-16(27)24-13-6-5-12(20)17(21)18(13)22/h1-6H,7-9H2,(H,23,26)(H,24,27). The molecule has 2 N–H and O–H groups in total. The Morgan fingerprint density at radius 3 is 2.19 bits per heavy atom. The monoisotopic (exact) mass is 398 g/mol. The summed E-state index contributed by atoms with van der Waals surface area (Å²) in [7, 11) is 0. The van der Waals surface area contributed by atoms with Gasteiger partial charge < -0.3 is 10.6 Å². The Kier molecular flexibility index (Phi) is 6.95. The minimum absolute atomic E-state index is 0.0765. The van der Waals surface area contributed by atoms with E-state index in [0.717, 1.165) is 6.07 Å². The number of carbonyl (C=O) groups excluding carboxylic acids is 3. The predicted molar refractivity (Wildman–Crippen MR) is 93.0 cm³/mol. The Bertz CT molecular complexity index is 873. The lowest BCUT2D eigenvalue weighted by Crippen LogP contribution is -2.33. The molecule has 0 aromatic heterocycles. The van der Waals surface area contributed by atoms with Crippen molar-refractivity contribution in [2.45, 2.75) is 12.8 Å². The number of amides is 2. The van der Waals surface area contributed by atoms with Gasteiger partial charge in [0.1, 0.15) is 0 Å². The van der Waals surface area contributed by atoms with Gasteiger partial charge in [-0.2, -0.15) is 0 Å². The Morgan fingerprint density at radius 2 is 1.52 bits per heavy atom. The number of hydrogen-bond donors (Lipinski definition) is 2. The summed E-state index contributed by atoms with van der Waals surface area (Å²) < 4.78 is 39.4. The van der Waals surface area contributed by atoms with Crippen LogP contribution in [-0.4, -0.2) is 24.1 Å². The summed E-state index contributed by atoms with van der Waals surface area (Å²) in [6.45, 7) is -0.521. The molecule has 2 aromatic rings. The third-order valence-electron chi connectivity index (χ3n) is 3.50. The van der Waals surface area contributed by atoms with E-state index in [1.807, 2.05) is 5.32 Å². The highest BCUT2D eigenvalue weighted by Crippen LogP contribution is 2.19. The highest BCUT2D eigenvalue weighted by Gasteiger charge is 2.16. The lowest BCUT2D eigenvalue weighted by Gasteiger charge is -2.08. The molecule has 2 rings (SSSR count). The minimum atomic E-state index is -1.71. The number of halogens is 4. The molecule has 0 atom stereocenters. The molecule has 0 heterocycles. The lowest BCUT2D eigenvalue weighted by molar-refractivity contribution is -0.124. The Morgan fingerprint density at radius 1 is 0.852 bits per heavy atom. The molecule has 0 radical (unpaired) electrons. The zero-order valence-electron chi connectivity index (χ0n) is 13.8. The van der Waals surface area contributed by atoms with Crippen LogP contribution >= 0.6 is 11.6 Å². The van der Waals surface area contributed by atoms with Crippen LogP contribution in [-0.2, 0) is 9.59 Å². The predicted octanol–water partition coefficient (Wildman–Crippen LogP) is 3.48. The van der Waals surface area contributed by atoms with Crippen LogP contribution < -0.4 is 10.6 Å². The molecular weight excluding hydrogens is 385 g/mol. The Labute approximate surface area is 157 Å². The first-order valence-electron chi connectivity index (χ1n) is 7.76. The van der Waals surface area contributed by atoms with Crippen molar-refractivity contribution >= 4 is 34.9 Å². The molecule has 0 aliphatic carbocycles. The first-order valence-corrected chi connectivity index (χ1v) is 8.14. The molecule has 0 saturated heterocycles. The number of hydrogen-bond acceptors (Lipinski definition) is 3. The molecule has 2 amide bonds. The average Bonchev–Trinajstić information content (AvgIpc) is 2.65. The third-order valence-corrected chi connectivity index (χ3v) is 3.75. The second-order valence-corrected chi connectivity index (χ2v) is 5.91. The van der Waals surface area contributed by atoms with Crippen molar-refractivity contribution < 1.29 is 27.6 Å². The molecule has 0 bridgehead atoms. The highest BCUT2D eigenvalue weighted by atomic mass is 35.5. The van der Waals surface area contributed by atoms with E-state index < -0.39 is 41.5 Å². The van der Waals surface area contributed by atoms with Crippen molar-refractivity contribution in [2.24, 2.45) is 0 Å². The zero-order chi connectivity index (χ0) is 20.0. The van der Waals surface area contributed by atoms with Crippen molar-refractivity contribution in [1.29, 1.82) is 0 Å². The summed E-state index contributed by atoms with van der Waals surface area (Å²) in [6.07, 6.45) is -0.235. The van der Waals surface area contributed by atoms with Gasteiger partial charge in [0.25, 0.3) is 0 Å². The highest BCUT2D eigenvalue weighted by molar-refractivity contribution is 6.30. The fourth-order valence-electron chi connectivity index (χ4n) is 2.09. The van der Waals surface area contributed by atoms with Crippen LogP contribution in [0.1, 0.15) is 23.2 Å². The topological polar surface area (TPSA) is 75.3 Å². The van der Waals surface area contributed by atoms with Crippen LogP contribution in [0.25, 0.3) is 0 Å². The summed E-state index contributed by atoms with van der Waals surface area (Å²) in [5.41, 5.74) is -0.148. The first kappa shape index (κ1) is 20.4. The van der Waals surface area contributed by atoms with Crippen LogP contribution in [0.2, 0.25) is 5.02 Å². The van der Waals surface area contributed by atoms with Crippen LogP contribution in [0.4, 0.5) is 18.9 Å². The van der Waals surface area contributed by atoms with Gasteiger partial charge in [0.05, 0.1) is 12.2 Å². The number of benzene rings is 2. The zero-order valence-corrected chi connectivity index (χ0v) is 14.6. The van der Waals surface area contributed by atoms with E-state index in [1.165, 1.54) is 12.1 Å². The van der Waals surface area contributed by atoms with Gasteiger partial charge in [-0.15, -0.1) is 0 Å². The molecular formula is C18H14ClF3N2O3. The quantitative estimate of drug-likeness (QED) is 0.554. The Balaban J connectivity index is 1.78. The molecule has 5 nitrogen and oxygen atoms in total. The van der Waals surface area contributed by atoms with E-state index in [-0.39, 0.29) is 18.6 Å². The molecule has 9 heteroatoms. The van der Waals surface area contributed by atoms with Crippen LogP contribution in [0, 0.1) is 17.5 Å². The molecule has 0 saturated carbocycles. The lowest BCUT2D eigenvalue weighted by atomic mass is 10.1. The largest absolute Gasteiger partial charge is 0.347 e. The van der Waals surface area contributed by atoms with Gasteiger partial charge in [0.15, 0.2) is 23.2 Å². The van der Waals surface area contributed by atoms with Gasteiger partial charge in [-0.3, -0.25) is 14.4 Å². The second-order valence-electron chi connectivity index (χ2n) is 5.48. The van der Waals surface area contributed by atoms with E-state index >= 15 is 0 Å². The van der Waals surface area contributed by atoms with Crippen LogP contribution in [0.5, 0.6) is 0 Å². The molecule has 2 aromatic carbocycles. The van der Waals surface area contributed by atoms with E-state index in [0.29, 0.717) is 16.7 Å². The summed E-state index contributed by atoms with van der Waals surface area (Å²) in [5, 5.41) is 4.74. The molecule has 142 valence electrons. The van der Waals surface area contributed by atoms with Gasteiger partial charge in [-0.05, 0) is 36.4 Å². The fraction of sp³-hybridized carbons (Fsp3) is 0.167. The van der Waals surface area contributed by atoms with Crippen molar-refractivity contribution in [3.8, 4) is 0 Å². The molecule has 0 spiro atoms. The second kappa shape index (κ2) is 9.18. The summed E-state index contributed by atoms with van der Waals surface area (Å²) >= 11 is 5.72. The molecule has 0 fully saturated rings. The maximum absolute atomic E-state index is 13.5. The molecule has 27 heavy (non-hydrogen) atoms. The molecule has 0 aliphatic heterocycles. The SMILES string of the molecule is O=C(CCC(=O)c1ccc(Cl)cc1)NCC(=O)Nc1ccc(F)c(F)c1F. The normalized spacial score (nSPS) is 10.4. The van der Waals surface area contributed by atoms with E-state index in [1.54, 1.807) is 12.1 Å². The van der Waals surface area contributed by atoms with Crippen LogP contribution in [0.15, 0.2) is 36.4 Å². The van der Waals surface area contributed by atoms with E-state index in [2.05, 4.69) is 5.32 Å². The van der Waals surface area contributed by atoms with Crippen molar-refractivity contribution in [1.82, 2.24) is 5.32 Å². The first-order chi connectivity index (χ1) is 12.8. The summed E-state index contributed by atoms with van der Waals surface area (Å²) in [6, 6.07) is 7.69. The van der Waals surface area contributed by atoms with E-state index in [4.69, 9.17) is 11.6 Å². The van der Waals surface area contributed by atoms with Gasteiger partial charge in [0.2, 0.25) is 11.8 Å². The number of nitrogens with one attached hydrogen (secondary N) is 2. The van der Waals surface area contributed by atoms with Crippen molar-refractivity contribution in [2.75, 3.05) is 11.9 Å². The summed E-state index contributed by atoms with van der Waals surface area (Å²) in [4.78, 5) is 35.3. The maximum Gasteiger partial charge on any atom is 0.243 e. The van der Waals surface area contributed by atoms with Crippen molar-refractivity contribution in [3.63, 3.8) is 0 Å². The number of anilines is 1. The maximum atomic E-state index is 13.5. The molecule has 0 aliphatic rings. The summed E-state index contributed by atoms with van der Waals surface area (Å²) in [5.74, 6) is -6.31. The average molecular weight is 399 g/mol. The Hall–Kier alpha value is -2.87. The minimum Gasteiger partial charge on any atom is -0.347 e. The third kappa shape index (κ3) is 5.82. The van der Waals surface area contributed by atoms with Gasteiger partial charge >= 0.3 is 0 Å². The number of Topliss-reactive ketones (excluding diaryl/α,β-unsaturated/α-hetero) is 1. The van der Waals surface area contributed by atoms with Gasteiger partial charge in [0, 0.05) is 23.4 Å². The van der Waals surface area contributed by atoms with Gasteiger partial charge in [-0.25, -0.2) is 13.2 Å². The smallest absolute Gasteiger partial charge is 0.243 e.